The van der Waals surface area contributed by atoms with Crippen molar-refractivity contribution in [3.63, 3.8) is 0 Å². The number of carboxylic acids is 1. The fraction of sp³-hybridized carbons (Fsp3) is 0.667. The van der Waals surface area contributed by atoms with Crippen LogP contribution in [0.2, 0.25) is 0 Å². The maximum absolute atomic E-state index is 10.7. The second kappa shape index (κ2) is 4.26. The van der Waals surface area contributed by atoms with Crippen LogP contribution in [0.5, 0.6) is 0 Å². The van der Waals surface area contributed by atoms with E-state index >= 15 is 0 Å². The third-order valence-electron chi connectivity index (χ3n) is 1.96. The van der Waals surface area contributed by atoms with Crippen LogP contribution in [0.25, 0.3) is 0 Å². The zero-order valence-electron chi connectivity index (χ0n) is 7.79. The van der Waals surface area contributed by atoms with E-state index in [1.807, 2.05) is 6.92 Å². The average Bonchev–Trinajstić information content (AvgIpc) is 1.99. The Kier molecular flexibility index (Phi) is 3.96. The molecule has 0 aliphatic heterocycles. The van der Waals surface area contributed by atoms with Gasteiger partial charge in [-0.3, -0.25) is 4.79 Å². The number of aliphatic hydroxyl groups excluding tert-OH is 1. The molecule has 0 unspecified atom stereocenters. The molecule has 3 heteroatoms. The van der Waals surface area contributed by atoms with E-state index in [9.17, 15) is 4.79 Å². The minimum absolute atomic E-state index is 0.187. The third-order valence-corrected chi connectivity index (χ3v) is 1.96. The highest BCUT2D eigenvalue weighted by molar-refractivity contribution is 5.77. The van der Waals surface area contributed by atoms with Gasteiger partial charge in [0, 0.05) is 0 Å². The number of allylic oxidation sites excluding steroid dienone is 1. The van der Waals surface area contributed by atoms with E-state index in [-0.39, 0.29) is 6.61 Å². The third kappa shape index (κ3) is 2.34. The van der Waals surface area contributed by atoms with Crippen LogP contribution in [0, 0.1) is 5.41 Å². The molecule has 0 saturated heterocycles. The predicted molar refractivity (Wildman–Crippen MR) is 46.9 cm³/mol. The molecule has 0 spiro atoms. The maximum Gasteiger partial charge on any atom is 0.313 e. The van der Waals surface area contributed by atoms with Crippen molar-refractivity contribution in [3.05, 3.63) is 11.6 Å². The fourth-order valence-electron chi connectivity index (χ4n) is 0.901. The van der Waals surface area contributed by atoms with Gasteiger partial charge in [0.2, 0.25) is 0 Å². The molecule has 0 saturated carbocycles. The summed E-state index contributed by atoms with van der Waals surface area (Å²) in [7, 11) is 0. The molecule has 3 nitrogen and oxygen atoms in total. The summed E-state index contributed by atoms with van der Waals surface area (Å²) in [6, 6.07) is 0. The summed E-state index contributed by atoms with van der Waals surface area (Å²) in [5.41, 5.74) is -0.386. The van der Waals surface area contributed by atoms with Crippen molar-refractivity contribution < 1.29 is 15.0 Å². The van der Waals surface area contributed by atoms with Crippen molar-refractivity contribution in [3.8, 4) is 0 Å². The summed E-state index contributed by atoms with van der Waals surface area (Å²) in [5.74, 6) is -0.906. The smallest absolute Gasteiger partial charge is 0.313 e. The summed E-state index contributed by atoms with van der Waals surface area (Å²) in [5, 5.41) is 17.7. The van der Waals surface area contributed by atoms with E-state index in [0.717, 1.165) is 6.42 Å². The number of carboxylic acid groups (broad SMARTS) is 1. The minimum atomic E-state index is -0.954. The van der Waals surface area contributed by atoms with Gasteiger partial charge in [-0.1, -0.05) is 13.0 Å². The van der Waals surface area contributed by atoms with Gasteiger partial charge in [0.1, 0.15) is 0 Å². The molecule has 0 aromatic rings. The molecular formula is C9H16O3. The van der Waals surface area contributed by atoms with E-state index < -0.39 is 11.4 Å². The number of aliphatic hydroxyl groups is 1. The number of rotatable bonds is 4. The molecule has 0 bridgehead atoms. The lowest BCUT2D eigenvalue weighted by molar-refractivity contribution is -0.145. The molecule has 12 heavy (non-hydrogen) atoms. The first kappa shape index (κ1) is 11.2. The molecule has 0 aromatic carbocycles. The standard InChI is InChI=1S/C9H16O3/c1-4-5-7(6-10)9(2,3)8(11)12/h5,10H,4,6H2,1-3H3,(H,11,12). The van der Waals surface area contributed by atoms with Gasteiger partial charge in [0.15, 0.2) is 0 Å². The second-order valence-electron chi connectivity index (χ2n) is 3.23. The highest BCUT2D eigenvalue weighted by atomic mass is 16.4. The molecule has 0 heterocycles. The molecule has 70 valence electrons. The van der Waals surface area contributed by atoms with Gasteiger partial charge < -0.3 is 10.2 Å². The normalized spacial score (nSPS) is 13.2. The van der Waals surface area contributed by atoms with Gasteiger partial charge >= 0.3 is 5.97 Å². The lowest BCUT2D eigenvalue weighted by Crippen LogP contribution is -2.27. The summed E-state index contributed by atoms with van der Waals surface area (Å²) in [6.07, 6.45) is 2.50. The van der Waals surface area contributed by atoms with Gasteiger partial charge in [-0.15, -0.1) is 0 Å². The Balaban J connectivity index is 4.71. The average molecular weight is 172 g/mol. The summed E-state index contributed by atoms with van der Waals surface area (Å²) in [4.78, 5) is 10.7. The molecule has 0 aromatic heterocycles. The van der Waals surface area contributed by atoms with E-state index in [1.165, 1.54) is 0 Å². The van der Waals surface area contributed by atoms with Crippen molar-refractivity contribution in [2.75, 3.05) is 6.61 Å². The van der Waals surface area contributed by atoms with Crippen molar-refractivity contribution in [1.82, 2.24) is 0 Å². The predicted octanol–water partition coefficient (Wildman–Crippen LogP) is 1.43. The van der Waals surface area contributed by atoms with E-state index in [2.05, 4.69) is 0 Å². The Bertz CT molecular complexity index is 192. The van der Waals surface area contributed by atoms with E-state index in [0.29, 0.717) is 5.57 Å². The Labute approximate surface area is 72.7 Å². The number of hydrogen-bond acceptors (Lipinski definition) is 2. The zero-order chi connectivity index (χ0) is 9.78. The molecule has 0 fully saturated rings. The second-order valence-corrected chi connectivity index (χ2v) is 3.23. The van der Waals surface area contributed by atoms with E-state index in [1.54, 1.807) is 19.9 Å². The van der Waals surface area contributed by atoms with Crippen LogP contribution in [0.15, 0.2) is 11.6 Å². The van der Waals surface area contributed by atoms with Gasteiger partial charge in [-0.25, -0.2) is 0 Å². The van der Waals surface area contributed by atoms with Gasteiger partial charge in [-0.05, 0) is 25.8 Å². The Morgan fingerprint density at radius 3 is 2.25 bits per heavy atom. The first-order valence-electron chi connectivity index (χ1n) is 4.00. The quantitative estimate of drug-likeness (QED) is 0.630. The van der Waals surface area contributed by atoms with Crippen molar-refractivity contribution in [2.24, 2.45) is 5.41 Å². The van der Waals surface area contributed by atoms with Crippen molar-refractivity contribution >= 4 is 5.97 Å². The van der Waals surface area contributed by atoms with Gasteiger partial charge in [0.05, 0.1) is 12.0 Å². The Morgan fingerprint density at radius 2 is 2.00 bits per heavy atom. The van der Waals surface area contributed by atoms with Crippen LogP contribution in [0.4, 0.5) is 0 Å². The fourth-order valence-corrected chi connectivity index (χ4v) is 0.901. The Morgan fingerprint density at radius 1 is 1.50 bits per heavy atom. The van der Waals surface area contributed by atoms with Crippen LogP contribution in [0.3, 0.4) is 0 Å². The van der Waals surface area contributed by atoms with Crippen LogP contribution >= 0.6 is 0 Å². The first-order valence-corrected chi connectivity index (χ1v) is 4.00. The Hall–Kier alpha value is -0.830. The molecule has 0 radical (unpaired) electrons. The monoisotopic (exact) mass is 172 g/mol. The van der Waals surface area contributed by atoms with Crippen LogP contribution < -0.4 is 0 Å². The van der Waals surface area contributed by atoms with Crippen LogP contribution in [0.1, 0.15) is 27.2 Å². The van der Waals surface area contributed by atoms with Crippen LogP contribution in [-0.2, 0) is 4.79 Å². The topological polar surface area (TPSA) is 57.5 Å². The molecule has 0 amide bonds. The molecular weight excluding hydrogens is 156 g/mol. The SMILES string of the molecule is CCC=C(CO)C(C)(C)C(=O)O. The van der Waals surface area contributed by atoms with E-state index in [4.69, 9.17) is 10.2 Å². The lowest BCUT2D eigenvalue weighted by atomic mass is 9.84. The summed E-state index contributed by atoms with van der Waals surface area (Å²) < 4.78 is 0. The van der Waals surface area contributed by atoms with Crippen molar-refractivity contribution in [1.29, 1.82) is 0 Å². The molecule has 0 atom stereocenters. The minimum Gasteiger partial charge on any atom is -0.481 e. The largest absolute Gasteiger partial charge is 0.481 e. The molecule has 0 rings (SSSR count). The zero-order valence-corrected chi connectivity index (χ0v) is 7.79. The van der Waals surface area contributed by atoms with Crippen molar-refractivity contribution in [2.45, 2.75) is 27.2 Å². The number of aliphatic carboxylic acids is 1. The molecule has 0 aliphatic carbocycles. The summed E-state index contributed by atoms with van der Waals surface area (Å²) in [6.45, 7) is 4.90. The highest BCUT2D eigenvalue weighted by Gasteiger charge is 2.30. The lowest BCUT2D eigenvalue weighted by Gasteiger charge is -2.21. The number of carbonyl (C=O) groups is 1. The number of hydrogen-bond donors (Lipinski definition) is 2. The molecule has 2 N–H and O–H groups in total. The van der Waals surface area contributed by atoms with Crippen LogP contribution in [-0.4, -0.2) is 22.8 Å². The first-order chi connectivity index (χ1) is 5.46. The molecule has 0 aliphatic rings. The highest BCUT2D eigenvalue weighted by Crippen LogP contribution is 2.26. The van der Waals surface area contributed by atoms with Gasteiger partial charge in [0.25, 0.3) is 0 Å². The maximum atomic E-state index is 10.7. The van der Waals surface area contributed by atoms with Gasteiger partial charge in [-0.2, -0.15) is 0 Å². The summed E-state index contributed by atoms with van der Waals surface area (Å²) >= 11 is 0.